The van der Waals surface area contributed by atoms with Crippen LogP contribution in [0, 0.1) is 6.92 Å². The molecule has 3 rings (SSSR count). The number of hydrogen-bond donors (Lipinski definition) is 2. The van der Waals surface area contributed by atoms with Gasteiger partial charge in [0.2, 0.25) is 0 Å². The monoisotopic (exact) mass is 380 g/mol. The summed E-state index contributed by atoms with van der Waals surface area (Å²) in [7, 11) is 0. The smallest absolute Gasteiger partial charge is 0.325 e. The quantitative estimate of drug-likeness (QED) is 0.617. The number of esters is 1. The lowest BCUT2D eigenvalue weighted by atomic mass is 10.1. The van der Waals surface area contributed by atoms with Gasteiger partial charge in [0.05, 0.1) is 17.6 Å². The molecule has 3 aromatic rings. The van der Waals surface area contributed by atoms with E-state index in [2.05, 4.69) is 27.3 Å². The van der Waals surface area contributed by atoms with Gasteiger partial charge in [0.1, 0.15) is 12.4 Å². The lowest BCUT2D eigenvalue weighted by Gasteiger charge is -2.11. The van der Waals surface area contributed by atoms with E-state index in [0.717, 1.165) is 22.4 Å². The average Bonchev–Trinajstić information content (AvgIpc) is 3.06. The van der Waals surface area contributed by atoms with Crippen molar-refractivity contribution in [2.24, 2.45) is 0 Å². The molecule has 28 heavy (non-hydrogen) atoms. The summed E-state index contributed by atoms with van der Waals surface area (Å²) in [6, 6.07) is 15.7. The van der Waals surface area contributed by atoms with E-state index in [4.69, 9.17) is 9.72 Å². The van der Waals surface area contributed by atoms with Crippen molar-refractivity contribution in [3.63, 3.8) is 0 Å². The summed E-state index contributed by atoms with van der Waals surface area (Å²) >= 11 is 0. The van der Waals surface area contributed by atoms with Gasteiger partial charge in [-0.2, -0.15) is 0 Å². The molecule has 7 heteroatoms. The third-order valence-corrected chi connectivity index (χ3v) is 4.28. The highest BCUT2D eigenvalue weighted by Gasteiger charge is 2.12. The van der Waals surface area contributed by atoms with Gasteiger partial charge in [-0.3, -0.25) is 4.79 Å². The van der Waals surface area contributed by atoms with Crippen LogP contribution in [0.5, 0.6) is 0 Å². The van der Waals surface area contributed by atoms with Crippen molar-refractivity contribution in [1.82, 2.24) is 20.2 Å². The molecule has 1 heterocycles. The molecule has 1 aromatic heterocycles. The van der Waals surface area contributed by atoms with Crippen molar-refractivity contribution in [1.29, 1.82) is 0 Å². The number of fused-ring (bicyclic) bond motifs is 1. The van der Waals surface area contributed by atoms with E-state index in [1.807, 2.05) is 43.3 Å². The second kappa shape index (κ2) is 9.03. The summed E-state index contributed by atoms with van der Waals surface area (Å²) in [5, 5.41) is 5.25. The van der Waals surface area contributed by atoms with E-state index in [1.165, 1.54) is 5.56 Å². The van der Waals surface area contributed by atoms with Crippen LogP contribution in [0.1, 0.15) is 12.5 Å². The number of ether oxygens (including phenoxy) is 1. The number of urea groups is 1. The first-order valence-electron chi connectivity index (χ1n) is 9.28. The largest absolute Gasteiger partial charge is 0.465 e. The number of benzene rings is 2. The highest BCUT2D eigenvalue weighted by Crippen LogP contribution is 2.24. The van der Waals surface area contributed by atoms with Crippen LogP contribution in [-0.2, 0) is 16.1 Å². The normalized spacial score (nSPS) is 10.6. The van der Waals surface area contributed by atoms with Gasteiger partial charge < -0.3 is 19.9 Å². The Morgan fingerprint density at radius 2 is 1.82 bits per heavy atom. The second-order valence-electron chi connectivity index (χ2n) is 6.36. The Morgan fingerprint density at radius 3 is 2.57 bits per heavy atom. The molecule has 0 atom stereocenters. The molecule has 0 aliphatic rings. The van der Waals surface area contributed by atoms with E-state index in [0.29, 0.717) is 13.1 Å². The topological polar surface area (TPSA) is 85.2 Å². The molecule has 0 fully saturated rings. The van der Waals surface area contributed by atoms with Crippen molar-refractivity contribution in [3.8, 4) is 11.4 Å². The first-order valence-corrected chi connectivity index (χ1v) is 9.28. The maximum Gasteiger partial charge on any atom is 0.325 e. The molecule has 2 amide bonds. The number of nitrogens with zero attached hydrogens (tertiary/aromatic N) is 2. The van der Waals surface area contributed by atoms with Gasteiger partial charge in [-0.25, -0.2) is 9.78 Å². The number of carbonyl (C=O) groups is 2. The Bertz CT molecular complexity index is 963. The molecule has 0 unspecified atom stereocenters. The summed E-state index contributed by atoms with van der Waals surface area (Å²) < 4.78 is 6.87. The standard InChI is InChI=1S/C21H24N4O3/c1-3-28-19(26)14-23-21(27)22-12-13-25-18-7-5-4-6-17(18)24-20(25)16-10-8-15(2)9-11-16/h4-11H,3,12-14H2,1-2H3,(H2,22,23,27). The zero-order valence-corrected chi connectivity index (χ0v) is 16.1. The Morgan fingerprint density at radius 1 is 1.07 bits per heavy atom. The maximum atomic E-state index is 11.9. The molecule has 0 aliphatic carbocycles. The number of para-hydroxylation sites is 2. The van der Waals surface area contributed by atoms with Crippen LogP contribution >= 0.6 is 0 Å². The van der Waals surface area contributed by atoms with E-state index in [-0.39, 0.29) is 13.2 Å². The molecule has 2 aromatic carbocycles. The lowest BCUT2D eigenvalue weighted by Crippen LogP contribution is -2.40. The number of imidazole rings is 1. The van der Waals surface area contributed by atoms with Gasteiger partial charge in [0.15, 0.2) is 0 Å². The highest BCUT2D eigenvalue weighted by atomic mass is 16.5. The summed E-state index contributed by atoms with van der Waals surface area (Å²) in [6.45, 7) is 4.86. The summed E-state index contributed by atoms with van der Waals surface area (Å²) in [5.74, 6) is 0.398. The zero-order chi connectivity index (χ0) is 19.9. The van der Waals surface area contributed by atoms with Crippen LogP contribution in [0.4, 0.5) is 4.79 Å². The number of amides is 2. The Labute approximate surface area is 163 Å². The number of hydrogen-bond acceptors (Lipinski definition) is 4. The molecule has 0 spiro atoms. The van der Waals surface area contributed by atoms with Crippen molar-refractivity contribution < 1.29 is 14.3 Å². The van der Waals surface area contributed by atoms with E-state index in [9.17, 15) is 9.59 Å². The lowest BCUT2D eigenvalue weighted by molar-refractivity contribution is -0.141. The molecule has 0 radical (unpaired) electrons. The molecular weight excluding hydrogens is 356 g/mol. The number of aromatic nitrogens is 2. The minimum Gasteiger partial charge on any atom is -0.465 e. The van der Waals surface area contributed by atoms with Crippen LogP contribution in [0.25, 0.3) is 22.4 Å². The fourth-order valence-corrected chi connectivity index (χ4v) is 2.93. The number of rotatable bonds is 7. The first-order chi connectivity index (χ1) is 13.6. The van der Waals surface area contributed by atoms with Crippen LogP contribution in [0.3, 0.4) is 0 Å². The van der Waals surface area contributed by atoms with Gasteiger partial charge in [-0.15, -0.1) is 0 Å². The van der Waals surface area contributed by atoms with Crippen LogP contribution in [0.2, 0.25) is 0 Å². The van der Waals surface area contributed by atoms with Gasteiger partial charge >= 0.3 is 12.0 Å². The van der Waals surface area contributed by atoms with E-state index >= 15 is 0 Å². The SMILES string of the molecule is CCOC(=O)CNC(=O)NCCn1c(-c2ccc(C)cc2)nc2ccccc21. The number of aryl methyl sites for hydroxylation is 1. The van der Waals surface area contributed by atoms with Crippen molar-refractivity contribution in [2.75, 3.05) is 19.7 Å². The minimum absolute atomic E-state index is 0.151. The molecule has 0 saturated carbocycles. The highest BCUT2D eigenvalue weighted by molar-refractivity contribution is 5.81. The van der Waals surface area contributed by atoms with E-state index < -0.39 is 12.0 Å². The van der Waals surface area contributed by atoms with Crippen molar-refractivity contribution in [2.45, 2.75) is 20.4 Å². The average molecular weight is 380 g/mol. The van der Waals surface area contributed by atoms with Crippen LogP contribution < -0.4 is 10.6 Å². The Hall–Kier alpha value is -3.35. The van der Waals surface area contributed by atoms with Crippen LogP contribution in [-0.4, -0.2) is 41.2 Å². The molecule has 0 bridgehead atoms. The predicted molar refractivity (Wildman–Crippen MR) is 108 cm³/mol. The second-order valence-corrected chi connectivity index (χ2v) is 6.36. The molecule has 2 N–H and O–H groups in total. The van der Waals surface area contributed by atoms with Crippen molar-refractivity contribution >= 4 is 23.0 Å². The van der Waals surface area contributed by atoms with Gasteiger partial charge in [-0.05, 0) is 26.0 Å². The zero-order valence-electron chi connectivity index (χ0n) is 16.1. The summed E-state index contributed by atoms with van der Waals surface area (Å²) in [6.07, 6.45) is 0. The molecule has 0 saturated heterocycles. The maximum absolute atomic E-state index is 11.9. The third-order valence-electron chi connectivity index (χ3n) is 4.28. The molecule has 7 nitrogen and oxygen atoms in total. The van der Waals surface area contributed by atoms with E-state index in [1.54, 1.807) is 6.92 Å². The summed E-state index contributed by atoms with van der Waals surface area (Å²) in [4.78, 5) is 27.9. The third kappa shape index (κ3) is 4.68. The fourth-order valence-electron chi connectivity index (χ4n) is 2.93. The summed E-state index contributed by atoms with van der Waals surface area (Å²) in [5.41, 5.74) is 4.12. The Kier molecular flexibility index (Phi) is 6.26. The van der Waals surface area contributed by atoms with Gasteiger partial charge in [0.25, 0.3) is 0 Å². The predicted octanol–water partition coefficient (Wildman–Crippen LogP) is 2.87. The first kappa shape index (κ1) is 19.4. The number of carbonyl (C=O) groups excluding carboxylic acids is 2. The van der Waals surface area contributed by atoms with Crippen LogP contribution in [0.15, 0.2) is 48.5 Å². The molecule has 0 aliphatic heterocycles. The Balaban J connectivity index is 1.70. The molecular formula is C21H24N4O3. The number of nitrogens with one attached hydrogen (secondary N) is 2. The fraction of sp³-hybridized carbons (Fsp3) is 0.286. The van der Waals surface area contributed by atoms with Crippen molar-refractivity contribution in [3.05, 3.63) is 54.1 Å². The molecule has 146 valence electrons. The van der Waals surface area contributed by atoms with Gasteiger partial charge in [-0.1, -0.05) is 42.0 Å². The van der Waals surface area contributed by atoms with Gasteiger partial charge in [0, 0.05) is 18.7 Å². The minimum atomic E-state index is -0.458.